The van der Waals surface area contributed by atoms with Crippen LogP contribution in [0.4, 0.5) is 30.2 Å². The molecule has 0 aliphatic carbocycles. The average molecular weight is 418 g/mol. The standard InChI is InChI=1S/C21H21F3N4O2/c1-12-7-14-15(27(3)20(12)29)8-13(30-4)9-16(14)28-6-5-26(2)17-10-19(21(22,23)24)25-11-18(17)28/h7-11H,5-6H2,1-4H3. The Morgan fingerprint density at radius 1 is 1.03 bits per heavy atom. The number of benzene rings is 1. The first-order valence-electron chi connectivity index (χ1n) is 9.36. The van der Waals surface area contributed by atoms with E-state index in [1.165, 1.54) is 13.3 Å². The normalized spacial score (nSPS) is 14.2. The van der Waals surface area contributed by atoms with E-state index in [0.717, 1.165) is 17.1 Å². The molecule has 1 aliphatic heterocycles. The molecule has 0 saturated heterocycles. The summed E-state index contributed by atoms with van der Waals surface area (Å²) in [5.41, 5.74) is 1.98. The van der Waals surface area contributed by atoms with Crippen molar-refractivity contribution >= 4 is 28.0 Å². The number of alkyl halides is 3. The third kappa shape index (κ3) is 3.14. The summed E-state index contributed by atoms with van der Waals surface area (Å²) < 4.78 is 46.6. The van der Waals surface area contributed by atoms with Crippen LogP contribution in [-0.2, 0) is 13.2 Å². The van der Waals surface area contributed by atoms with E-state index in [-0.39, 0.29) is 5.56 Å². The number of pyridine rings is 2. The van der Waals surface area contributed by atoms with E-state index in [1.807, 2.05) is 17.0 Å². The molecule has 0 spiro atoms. The molecule has 0 radical (unpaired) electrons. The minimum atomic E-state index is -4.52. The van der Waals surface area contributed by atoms with Crippen LogP contribution in [0, 0.1) is 6.92 Å². The highest BCUT2D eigenvalue weighted by Gasteiger charge is 2.35. The van der Waals surface area contributed by atoms with Gasteiger partial charge in [-0.25, -0.2) is 4.98 Å². The second-order valence-electron chi connectivity index (χ2n) is 7.40. The Morgan fingerprint density at radius 2 is 1.77 bits per heavy atom. The van der Waals surface area contributed by atoms with Gasteiger partial charge in [0.15, 0.2) is 0 Å². The van der Waals surface area contributed by atoms with Crippen LogP contribution in [0.25, 0.3) is 10.9 Å². The molecule has 0 atom stereocenters. The van der Waals surface area contributed by atoms with Crippen molar-refractivity contribution in [2.75, 3.05) is 37.0 Å². The van der Waals surface area contributed by atoms with Gasteiger partial charge >= 0.3 is 6.18 Å². The lowest BCUT2D eigenvalue weighted by Gasteiger charge is -2.37. The minimum absolute atomic E-state index is 0.114. The van der Waals surface area contributed by atoms with Gasteiger partial charge in [0.05, 0.1) is 35.9 Å². The number of aromatic nitrogens is 2. The van der Waals surface area contributed by atoms with Crippen molar-refractivity contribution in [1.82, 2.24) is 9.55 Å². The molecule has 158 valence electrons. The summed E-state index contributed by atoms with van der Waals surface area (Å²) in [6.45, 7) is 2.81. The number of fused-ring (bicyclic) bond motifs is 2. The lowest BCUT2D eigenvalue weighted by atomic mass is 10.1. The van der Waals surface area contributed by atoms with E-state index in [4.69, 9.17) is 4.74 Å². The summed E-state index contributed by atoms with van der Waals surface area (Å²) in [4.78, 5) is 19.8. The molecule has 0 unspecified atom stereocenters. The summed E-state index contributed by atoms with van der Waals surface area (Å²) in [5, 5.41) is 0.811. The predicted molar refractivity (Wildman–Crippen MR) is 110 cm³/mol. The van der Waals surface area contributed by atoms with Gasteiger partial charge < -0.3 is 19.1 Å². The quantitative estimate of drug-likeness (QED) is 0.633. The molecule has 3 heterocycles. The lowest BCUT2D eigenvalue weighted by Crippen LogP contribution is -2.37. The van der Waals surface area contributed by atoms with Crippen molar-refractivity contribution in [3.63, 3.8) is 0 Å². The number of methoxy groups -OCH3 is 1. The Bertz CT molecular complexity index is 1200. The first kappa shape index (κ1) is 20.1. The SMILES string of the molecule is COc1cc(N2CCN(C)c3cc(C(F)(F)F)ncc32)c2cc(C)c(=O)n(C)c2c1. The second-order valence-corrected chi connectivity index (χ2v) is 7.40. The third-order valence-corrected chi connectivity index (χ3v) is 5.51. The van der Waals surface area contributed by atoms with Crippen molar-refractivity contribution in [3.05, 3.63) is 52.1 Å². The first-order chi connectivity index (χ1) is 14.1. The maximum absolute atomic E-state index is 13.2. The summed E-state index contributed by atoms with van der Waals surface area (Å²) >= 11 is 0. The summed E-state index contributed by atoms with van der Waals surface area (Å²) in [6.07, 6.45) is -3.26. The van der Waals surface area contributed by atoms with Gasteiger partial charge in [0.1, 0.15) is 11.4 Å². The van der Waals surface area contributed by atoms with Crippen LogP contribution in [-0.4, -0.2) is 36.8 Å². The van der Waals surface area contributed by atoms with Gasteiger partial charge in [0, 0.05) is 50.3 Å². The highest BCUT2D eigenvalue weighted by Crippen LogP contribution is 2.43. The highest BCUT2D eigenvalue weighted by molar-refractivity contribution is 5.97. The number of hydrogen-bond acceptors (Lipinski definition) is 5. The van der Waals surface area contributed by atoms with Gasteiger partial charge in [0.25, 0.3) is 5.56 Å². The summed E-state index contributed by atoms with van der Waals surface area (Å²) in [7, 11) is 4.98. The maximum atomic E-state index is 13.2. The number of ether oxygens (including phenoxy) is 1. The number of hydrogen-bond donors (Lipinski definition) is 0. The van der Waals surface area contributed by atoms with Gasteiger partial charge in [-0.15, -0.1) is 0 Å². The number of aryl methyl sites for hydroxylation is 2. The molecule has 0 bridgehead atoms. The number of likely N-dealkylation sites (N-methyl/N-ethyl adjacent to an activating group) is 1. The molecule has 6 nitrogen and oxygen atoms in total. The molecule has 2 aromatic heterocycles. The Kier molecular flexibility index (Phi) is 4.63. The van der Waals surface area contributed by atoms with E-state index in [2.05, 4.69) is 4.98 Å². The van der Waals surface area contributed by atoms with Crippen LogP contribution in [0.1, 0.15) is 11.3 Å². The van der Waals surface area contributed by atoms with Crippen molar-refractivity contribution in [1.29, 1.82) is 0 Å². The van der Waals surface area contributed by atoms with Crippen molar-refractivity contribution < 1.29 is 17.9 Å². The molecule has 1 aliphatic rings. The van der Waals surface area contributed by atoms with E-state index in [9.17, 15) is 18.0 Å². The van der Waals surface area contributed by atoms with Gasteiger partial charge in [-0.3, -0.25) is 4.79 Å². The molecule has 9 heteroatoms. The summed E-state index contributed by atoms with van der Waals surface area (Å²) in [6, 6.07) is 6.49. The maximum Gasteiger partial charge on any atom is 0.433 e. The van der Waals surface area contributed by atoms with Crippen LogP contribution < -0.4 is 20.1 Å². The molecular weight excluding hydrogens is 397 g/mol. The number of nitrogens with zero attached hydrogens (tertiary/aromatic N) is 4. The Labute approximate surface area is 171 Å². The second kappa shape index (κ2) is 6.93. The first-order valence-corrected chi connectivity index (χ1v) is 9.36. The van der Waals surface area contributed by atoms with E-state index in [1.54, 1.807) is 36.6 Å². The van der Waals surface area contributed by atoms with E-state index in [0.29, 0.717) is 41.3 Å². The van der Waals surface area contributed by atoms with Crippen LogP contribution >= 0.6 is 0 Å². The number of rotatable bonds is 2. The van der Waals surface area contributed by atoms with E-state index < -0.39 is 11.9 Å². The minimum Gasteiger partial charge on any atom is -0.497 e. The Hall–Kier alpha value is -3.23. The fraction of sp³-hybridized carbons (Fsp3) is 0.333. The average Bonchev–Trinajstić information content (AvgIpc) is 2.71. The molecule has 0 amide bonds. The Morgan fingerprint density at radius 3 is 2.43 bits per heavy atom. The van der Waals surface area contributed by atoms with Gasteiger partial charge in [-0.05, 0) is 19.1 Å². The molecule has 30 heavy (non-hydrogen) atoms. The zero-order valence-corrected chi connectivity index (χ0v) is 17.0. The Balaban J connectivity index is 1.98. The zero-order valence-electron chi connectivity index (χ0n) is 17.0. The van der Waals surface area contributed by atoms with Gasteiger partial charge in [0.2, 0.25) is 0 Å². The molecule has 3 aromatic rings. The molecule has 0 fully saturated rings. The van der Waals surface area contributed by atoms with Crippen molar-refractivity contribution in [2.45, 2.75) is 13.1 Å². The van der Waals surface area contributed by atoms with Crippen LogP contribution in [0.3, 0.4) is 0 Å². The predicted octanol–water partition coefficient (Wildman–Crippen LogP) is 3.86. The monoisotopic (exact) mass is 418 g/mol. The fourth-order valence-electron chi connectivity index (χ4n) is 3.86. The zero-order chi connectivity index (χ0) is 21.8. The molecule has 4 rings (SSSR count). The molecular formula is C21H21F3N4O2. The largest absolute Gasteiger partial charge is 0.497 e. The van der Waals surface area contributed by atoms with E-state index >= 15 is 0 Å². The smallest absolute Gasteiger partial charge is 0.433 e. The lowest BCUT2D eigenvalue weighted by molar-refractivity contribution is -0.141. The highest BCUT2D eigenvalue weighted by atomic mass is 19.4. The summed E-state index contributed by atoms with van der Waals surface area (Å²) in [5.74, 6) is 0.553. The van der Waals surface area contributed by atoms with Crippen LogP contribution in [0.15, 0.2) is 35.3 Å². The van der Waals surface area contributed by atoms with Crippen molar-refractivity contribution in [3.8, 4) is 5.75 Å². The van der Waals surface area contributed by atoms with Gasteiger partial charge in [-0.2, -0.15) is 13.2 Å². The molecule has 0 N–H and O–H groups in total. The third-order valence-electron chi connectivity index (χ3n) is 5.51. The van der Waals surface area contributed by atoms with Gasteiger partial charge in [-0.1, -0.05) is 0 Å². The molecule has 0 saturated carbocycles. The van der Waals surface area contributed by atoms with Crippen LogP contribution in [0.5, 0.6) is 5.75 Å². The number of halogens is 3. The topological polar surface area (TPSA) is 50.6 Å². The van der Waals surface area contributed by atoms with Crippen LogP contribution in [0.2, 0.25) is 0 Å². The van der Waals surface area contributed by atoms with Crippen molar-refractivity contribution in [2.24, 2.45) is 7.05 Å². The fourth-order valence-corrected chi connectivity index (χ4v) is 3.86. The number of anilines is 3. The molecule has 1 aromatic carbocycles.